The Kier molecular flexibility index (Phi) is 47.2. The third kappa shape index (κ3) is 37.2. The average Bonchev–Trinajstić information content (AvgIpc) is 1.63. The molecule has 11 N–H and O–H groups in total. The Labute approximate surface area is 640 Å². The lowest BCUT2D eigenvalue weighted by Gasteiger charge is -2.37. The van der Waals surface area contributed by atoms with E-state index in [-0.39, 0.29) is 103 Å². The Morgan fingerprint density at radius 3 is 1.29 bits per heavy atom. The highest BCUT2D eigenvalue weighted by atomic mass is 16.5. The summed E-state index contributed by atoms with van der Waals surface area (Å²) in [7, 11) is 1.29. The molecule has 2 saturated heterocycles. The quantitative estimate of drug-likeness (QED) is 0.0340. The van der Waals surface area contributed by atoms with Gasteiger partial charge in [-0.25, -0.2) is 4.79 Å². The number of piperidine rings is 1. The second-order valence-electron chi connectivity index (χ2n) is 33.0. The fourth-order valence-electron chi connectivity index (χ4n) is 12.6. The van der Waals surface area contributed by atoms with Crippen molar-refractivity contribution in [2.45, 2.75) is 278 Å². The number of carbonyl (C=O) groups excluding carboxylic acids is 8. The monoisotopic (exact) mass is 1490 g/mol. The molecule has 2 aromatic carbocycles. The maximum Gasteiger partial charge on any atom is 0.322 e. The number of ether oxygens (including phenoxy) is 1. The molecule has 608 valence electrons. The van der Waals surface area contributed by atoms with E-state index >= 15 is 0 Å². The van der Waals surface area contributed by atoms with Gasteiger partial charge in [0.25, 0.3) is 11.8 Å². The summed E-state index contributed by atoms with van der Waals surface area (Å²) in [6.45, 7) is 56.0. The Hall–Kier alpha value is -7.05. The van der Waals surface area contributed by atoms with Crippen molar-refractivity contribution in [3.05, 3.63) is 59.7 Å². The van der Waals surface area contributed by atoms with Gasteiger partial charge in [0.1, 0.15) is 12.1 Å². The smallest absolute Gasteiger partial charge is 0.322 e. The third-order valence-electron chi connectivity index (χ3n) is 18.2. The minimum absolute atomic E-state index is 0.0182. The lowest BCUT2D eigenvalue weighted by atomic mass is 9.97. The summed E-state index contributed by atoms with van der Waals surface area (Å²) in [6, 6.07) is 14.7. The van der Waals surface area contributed by atoms with Crippen LogP contribution in [0.3, 0.4) is 0 Å². The normalized spacial score (nSPS) is 16.0. The van der Waals surface area contributed by atoms with Gasteiger partial charge in [0.05, 0.1) is 19.6 Å². The van der Waals surface area contributed by atoms with Crippen molar-refractivity contribution >= 4 is 64.8 Å². The van der Waals surface area contributed by atoms with Gasteiger partial charge in [-0.3, -0.25) is 38.4 Å². The number of nitrogens with two attached hydrogens (primary N) is 5. The van der Waals surface area contributed by atoms with Crippen molar-refractivity contribution in [2.75, 3.05) is 84.0 Å². The van der Waals surface area contributed by atoms with Gasteiger partial charge < -0.3 is 77.7 Å². The minimum Gasteiger partial charge on any atom is -0.481 e. The number of nitrogen functional groups attached to an aromatic ring is 2. The number of amides is 8. The van der Waals surface area contributed by atoms with E-state index in [1.54, 1.807) is 46.2 Å². The molecule has 24 nitrogen and oxygen atoms in total. The van der Waals surface area contributed by atoms with Crippen LogP contribution < -0.4 is 28.7 Å². The number of carboxylic acids is 1. The number of urea groups is 1. The van der Waals surface area contributed by atoms with Gasteiger partial charge in [0, 0.05) is 136 Å². The predicted octanol–water partition coefficient (Wildman–Crippen LogP) is 11.8. The number of carbonyl (C=O) groups is 9. The molecule has 2 unspecified atom stereocenters. The van der Waals surface area contributed by atoms with Crippen LogP contribution in [0.5, 0.6) is 0 Å². The molecule has 2 heterocycles. The zero-order chi connectivity index (χ0) is 81.7. The largest absolute Gasteiger partial charge is 0.481 e. The fraction of sp³-hybridized carbons (Fsp3) is 0.744. The number of benzene rings is 2. The lowest BCUT2D eigenvalue weighted by molar-refractivity contribution is -0.144. The number of methoxy groups -OCH3 is 1. The number of likely N-dealkylation sites (tertiary alicyclic amines) is 2. The molecule has 0 bridgehead atoms. The van der Waals surface area contributed by atoms with Crippen LogP contribution in [0, 0.1) is 47.3 Å². The Bertz CT molecular complexity index is 2910. The first-order valence-electron chi connectivity index (χ1n) is 39.3. The van der Waals surface area contributed by atoms with Crippen molar-refractivity contribution < 1.29 is 53.0 Å². The van der Waals surface area contributed by atoms with Crippen LogP contribution in [0.25, 0.3) is 0 Å². The van der Waals surface area contributed by atoms with Crippen LogP contribution >= 0.6 is 0 Å². The second-order valence-corrected chi connectivity index (χ2v) is 33.0. The number of carboxylic acid groups (broad SMARTS) is 1. The van der Waals surface area contributed by atoms with Gasteiger partial charge in [-0.05, 0) is 212 Å². The van der Waals surface area contributed by atoms with Gasteiger partial charge in [0.15, 0.2) is 0 Å². The minimum atomic E-state index is -0.741. The summed E-state index contributed by atoms with van der Waals surface area (Å²) in [5, 5.41) is 8.97. The average molecular weight is 1490 g/mol. The van der Waals surface area contributed by atoms with E-state index in [2.05, 4.69) is 102 Å². The number of esters is 1. The molecule has 3 aliphatic rings. The van der Waals surface area contributed by atoms with Crippen LogP contribution in [-0.4, -0.2) is 225 Å². The summed E-state index contributed by atoms with van der Waals surface area (Å²) < 4.78 is 4.53. The first kappa shape index (κ1) is 98.9. The van der Waals surface area contributed by atoms with Crippen molar-refractivity contribution in [1.29, 1.82) is 0 Å². The molecule has 3 fully saturated rings. The predicted molar refractivity (Wildman–Crippen MR) is 431 cm³/mol. The first-order chi connectivity index (χ1) is 49.2. The molecule has 8 amide bonds. The molecule has 24 heteroatoms. The fourth-order valence-corrected chi connectivity index (χ4v) is 12.6. The number of nitrogens with zero attached hydrogens (tertiary/aromatic N) is 8. The second kappa shape index (κ2) is 50.6. The van der Waals surface area contributed by atoms with Gasteiger partial charge in [-0.1, -0.05) is 89.2 Å². The standard InChI is InChI=1S/C14H27N3O2.C14H26N2O3.2C14H22N2O.C13H26N2O3.C13H26N2O/c1-10(2)9-17(11(3)4)14(19)12-6-5-7-16(12)13(18)8-15;1-10(2)9-16(11(3)4)14(19)15-7-5-12(6-8-15)13(17)18;1-10(2)9-16(11(3)4)14(17)12-5-7-13(15)8-6-12;1-10(2)9-16(11(3)4)14(17)12-6-5-7-13(15)8-12;1-9(2)8-15(10(3)4)12(16)7-6-11(14)13(17)18-5;1-9(2)8-15(10(3)4)13(16)11-5-6-12(14)7-11/h10-12H,5-9,15H2,1-4H3;10-12H,5-9H2,1-4H3,(H,17,18);2*5-8,10-11H,9,15H2,1-4H3;9-11H,6-8,14H2,1-5H3;9-12H,5-8,14H2,1-4H3/t12-;;;;11-;/m0...0./s1. The molecule has 1 saturated carbocycles. The van der Waals surface area contributed by atoms with Gasteiger partial charge in [0.2, 0.25) is 23.6 Å². The number of anilines is 2. The topological polar surface area (TPSA) is 339 Å². The molecule has 0 aromatic heterocycles. The van der Waals surface area contributed by atoms with E-state index in [0.29, 0.717) is 109 Å². The maximum atomic E-state index is 12.6. The van der Waals surface area contributed by atoms with E-state index in [1.807, 2.05) is 111 Å². The molecule has 1 aliphatic carbocycles. The molecule has 106 heavy (non-hydrogen) atoms. The molecule has 0 spiro atoms. The molecular weight excluding hydrogens is 1340 g/mol. The highest BCUT2D eigenvalue weighted by Gasteiger charge is 2.38. The molecular formula is C82H149N13O11. The SMILES string of the molecule is CC(C)CN(C(=O)C1CCC(N)C1)C(C)C.CC(C)CN(C(=O)N1CCC(C(=O)O)CC1)C(C)C.CC(C)CN(C(=O)[C@@H]1CCCN1C(=O)CN)C(C)C.CC(C)CN(C(=O)c1ccc(N)cc1)C(C)C.CC(C)CN(C(=O)c1cccc(N)c1)C(C)C.COC(=O)[C@@H](N)CCC(=O)N(CC(C)C)C(C)C. The molecule has 5 rings (SSSR count). The summed E-state index contributed by atoms with van der Waals surface area (Å²) in [5.41, 5.74) is 30.9. The summed E-state index contributed by atoms with van der Waals surface area (Å²) in [6.07, 6.45) is 6.23. The van der Waals surface area contributed by atoms with Crippen LogP contribution in [0.4, 0.5) is 16.2 Å². The van der Waals surface area contributed by atoms with Gasteiger partial charge in [-0.2, -0.15) is 0 Å². The van der Waals surface area contributed by atoms with Crippen molar-refractivity contribution in [3.8, 4) is 0 Å². The molecule has 2 aromatic rings. The van der Waals surface area contributed by atoms with Crippen molar-refractivity contribution in [1.82, 2.24) is 39.2 Å². The zero-order valence-electron chi connectivity index (χ0n) is 70.4. The Morgan fingerprint density at radius 1 is 0.491 bits per heavy atom. The first-order valence-corrected chi connectivity index (χ1v) is 39.3. The van der Waals surface area contributed by atoms with E-state index < -0.39 is 18.0 Å². The van der Waals surface area contributed by atoms with E-state index in [0.717, 1.165) is 71.4 Å². The summed E-state index contributed by atoms with van der Waals surface area (Å²) in [4.78, 5) is 123. The molecule has 4 atom stereocenters. The highest BCUT2D eigenvalue weighted by molar-refractivity contribution is 5.96. The number of aliphatic carboxylic acids is 1. The van der Waals surface area contributed by atoms with Crippen LogP contribution in [0.1, 0.15) is 245 Å². The van der Waals surface area contributed by atoms with Gasteiger partial charge in [-0.15, -0.1) is 0 Å². The number of hydrogen-bond acceptors (Lipinski definition) is 15. The summed E-state index contributed by atoms with van der Waals surface area (Å²) >= 11 is 0. The third-order valence-corrected chi connectivity index (χ3v) is 18.2. The van der Waals surface area contributed by atoms with E-state index in [4.69, 9.17) is 33.8 Å². The van der Waals surface area contributed by atoms with Crippen LogP contribution in [0.2, 0.25) is 0 Å². The number of hydrogen-bond donors (Lipinski definition) is 6. The van der Waals surface area contributed by atoms with Crippen molar-refractivity contribution in [2.24, 2.45) is 64.5 Å². The van der Waals surface area contributed by atoms with E-state index in [9.17, 15) is 43.2 Å². The lowest BCUT2D eigenvalue weighted by Crippen LogP contribution is -2.51. The zero-order valence-corrected chi connectivity index (χ0v) is 70.4. The molecule has 2 aliphatic heterocycles. The maximum absolute atomic E-state index is 12.6. The Morgan fingerprint density at radius 2 is 0.906 bits per heavy atom. The number of rotatable bonds is 28. The highest BCUT2D eigenvalue weighted by Crippen LogP contribution is 2.28. The Balaban J connectivity index is 0.00000125. The summed E-state index contributed by atoms with van der Waals surface area (Å²) in [5.74, 6) is 1.85. The van der Waals surface area contributed by atoms with Gasteiger partial charge >= 0.3 is 18.0 Å². The van der Waals surface area contributed by atoms with Crippen molar-refractivity contribution in [3.63, 3.8) is 0 Å². The van der Waals surface area contributed by atoms with Crippen LogP contribution in [-0.2, 0) is 33.5 Å². The van der Waals surface area contributed by atoms with E-state index in [1.165, 1.54) is 7.11 Å². The molecule has 0 radical (unpaired) electrons. The van der Waals surface area contributed by atoms with Crippen LogP contribution in [0.15, 0.2) is 48.5 Å².